The van der Waals surface area contributed by atoms with Crippen molar-refractivity contribution in [2.75, 3.05) is 12.8 Å². The monoisotopic (exact) mass is 289 g/mol. The van der Waals surface area contributed by atoms with E-state index in [2.05, 4.69) is 27.4 Å². The molecule has 114 valence electrons. The van der Waals surface area contributed by atoms with Gasteiger partial charge in [0.25, 0.3) is 0 Å². The van der Waals surface area contributed by atoms with Crippen LogP contribution in [0.5, 0.6) is 0 Å². The van der Waals surface area contributed by atoms with Crippen molar-refractivity contribution in [3.63, 3.8) is 0 Å². The Kier molecular flexibility index (Phi) is 6.28. The summed E-state index contributed by atoms with van der Waals surface area (Å²) in [5.41, 5.74) is -0.182. The maximum atomic E-state index is 11.8. The van der Waals surface area contributed by atoms with E-state index in [-0.39, 0.29) is 11.0 Å². The van der Waals surface area contributed by atoms with Crippen molar-refractivity contribution in [3.05, 3.63) is 12.7 Å². The number of nitrogens with zero attached hydrogens (tertiary/aromatic N) is 1. The predicted octanol–water partition coefficient (Wildman–Crippen LogP) is 3.68. The van der Waals surface area contributed by atoms with Crippen LogP contribution in [0.25, 0.3) is 0 Å². The molecule has 0 aromatic carbocycles. The first-order chi connectivity index (χ1) is 8.30. The van der Waals surface area contributed by atoms with E-state index in [1.54, 1.807) is 4.31 Å². The number of hydrogen-bond donors (Lipinski definition) is 0. The average Bonchev–Trinajstić information content (AvgIpc) is 2.11. The molecule has 0 bridgehead atoms. The summed E-state index contributed by atoms with van der Waals surface area (Å²) in [5.74, 6) is 0.411. The lowest BCUT2D eigenvalue weighted by molar-refractivity contribution is 0.225. The van der Waals surface area contributed by atoms with Crippen molar-refractivity contribution in [2.24, 2.45) is 11.3 Å². The Labute approximate surface area is 120 Å². The van der Waals surface area contributed by atoms with E-state index in [1.807, 2.05) is 26.8 Å². The lowest BCUT2D eigenvalue weighted by Crippen LogP contribution is -2.45. The Morgan fingerprint density at radius 3 is 1.89 bits per heavy atom. The van der Waals surface area contributed by atoms with Gasteiger partial charge in [-0.15, -0.1) is 6.58 Å². The van der Waals surface area contributed by atoms with Gasteiger partial charge in [-0.05, 0) is 44.9 Å². The first-order valence-electron chi connectivity index (χ1n) is 6.90. The highest BCUT2D eigenvalue weighted by Crippen LogP contribution is 2.31. The third kappa shape index (κ3) is 6.57. The van der Waals surface area contributed by atoms with Crippen LogP contribution in [0, 0.1) is 11.3 Å². The highest BCUT2D eigenvalue weighted by Gasteiger charge is 2.29. The summed E-state index contributed by atoms with van der Waals surface area (Å²) in [6.45, 7) is 16.8. The Bertz CT molecular complexity index is 385. The Balaban J connectivity index is 4.65. The summed E-state index contributed by atoms with van der Waals surface area (Å²) in [6.07, 6.45) is 5.10. The summed E-state index contributed by atoms with van der Waals surface area (Å²) < 4.78 is 25.2. The zero-order valence-electron chi connectivity index (χ0n) is 13.7. The van der Waals surface area contributed by atoms with Crippen LogP contribution >= 0.6 is 0 Å². The molecular formula is C15H31NO2S. The molecule has 0 rings (SSSR count). The maximum absolute atomic E-state index is 11.8. The highest BCUT2D eigenvalue weighted by molar-refractivity contribution is 7.88. The van der Waals surface area contributed by atoms with Crippen molar-refractivity contribution in [2.45, 2.75) is 59.9 Å². The fourth-order valence-electron chi connectivity index (χ4n) is 2.36. The van der Waals surface area contributed by atoms with E-state index in [0.29, 0.717) is 12.5 Å². The molecule has 0 N–H and O–H groups in total. The molecule has 0 aliphatic carbocycles. The van der Waals surface area contributed by atoms with E-state index >= 15 is 0 Å². The van der Waals surface area contributed by atoms with Gasteiger partial charge in [-0.1, -0.05) is 26.8 Å². The van der Waals surface area contributed by atoms with Crippen LogP contribution in [0.15, 0.2) is 12.7 Å². The minimum absolute atomic E-state index is 0.180. The molecule has 0 aromatic heterocycles. The molecule has 0 saturated heterocycles. The molecule has 0 aliphatic rings. The number of sulfonamides is 1. The number of allylic oxidation sites excluding steroid dienone is 1. The Morgan fingerprint density at radius 1 is 1.16 bits per heavy atom. The minimum Gasteiger partial charge on any atom is -0.212 e. The van der Waals surface area contributed by atoms with Gasteiger partial charge in [-0.2, -0.15) is 4.31 Å². The van der Waals surface area contributed by atoms with E-state index in [4.69, 9.17) is 0 Å². The van der Waals surface area contributed by atoms with Crippen molar-refractivity contribution < 1.29 is 8.42 Å². The second-order valence-corrected chi connectivity index (χ2v) is 9.26. The van der Waals surface area contributed by atoms with Crippen molar-refractivity contribution in [1.82, 2.24) is 4.31 Å². The van der Waals surface area contributed by atoms with Crippen molar-refractivity contribution in [3.8, 4) is 0 Å². The SMILES string of the molecule is C=CC(CCCN(C(C)(C)C)S(C)(=O)=O)C(C)(C)C. The Morgan fingerprint density at radius 2 is 1.63 bits per heavy atom. The van der Waals surface area contributed by atoms with E-state index in [1.165, 1.54) is 6.26 Å². The van der Waals surface area contributed by atoms with Crippen LogP contribution in [-0.2, 0) is 10.0 Å². The molecule has 0 amide bonds. The summed E-state index contributed by atoms with van der Waals surface area (Å²) in [4.78, 5) is 0. The summed E-state index contributed by atoms with van der Waals surface area (Å²) in [6, 6.07) is 0. The standard InChI is InChI=1S/C15H31NO2S/c1-9-13(14(2,3)4)11-10-12-16(15(5,6)7)19(8,17)18/h9,13H,1,10-12H2,2-8H3. The van der Waals surface area contributed by atoms with Gasteiger partial charge < -0.3 is 0 Å². The molecule has 0 aromatic rings. The average molecular weight is 289 g/mol. The van der Waals surface area contributed by atoms with E-state index in [9.17, 15) is 8.42 Å². The third-order valence-electron chi connectivity index (χ3n) is 3.42. The maximum Gasteiger partial charge on any atom is 0.211 e. The van der Waals surface area contributed by atoms with Gasteiger partial charge in [0.05, 0.1) is 6.26 Å². The lowest BCUT2D eigenvalue weighted by atomic mass is 9.78. The van der Waals surface area contributed by atoms with Crippen LogP contribution < -0.4 is 0 Å². The fourth-order valence-corrected chi connectivity index (χ4v) is 3.81. The molecular weight excluding hydrogens is 258 g/mol. The molecule has 19 heavy (non-hydrogen) atoms. The normalized spacial score (nSPS) is 15.6. The van der Waals surface area contributed by atoms with Gasteiger partial charge in [-0.3, -0.25) is 0 Å². The van der Waals surface area contributed by atoms with Crippen LogP contribution in [0.3, 0.4) is 0 Å². The smallest absolute Gasteiger partial charge is 0.211 e. The molecule has 3 nitrogen and oxygen atoms in total. The van der Waals surface area contributed by atoms with E-state index < -0.39 is 10.0 Å². The van der Waals surface area contributed by atoms with Crippen LogP contribution in [0.2, 0.25) is 0 Å². The molecule has 1 unspecified atom stereocenters. The van der Waals surface area contributed by atoms with Crippen LogP contribution in [0.4, 0.5) is 0 Å². The first-order valence-corrected chi connectivity index (χ1v) is 8.75. The second-order valence-electron chi connectivity index (χ2n) is 7.36. The molecule has 0 aliphatic heterocycles. The number of rotatable bonds is 6. The largest absolute Gasteiger partial charge is 0.212 e. The van der Waals surface area contributed by atoms with Gasteiger partial charge in [0.2, 0.25) is 10.0 Å². The highest BCUT2D eigenvalue weighted by atomic mass is 32.2. The molecule has 0 spiro atoms. The van der Waals surface area contributed by atoms with Crippen molar-refractivity contribution >= 4 is 10.0 Å². The third-order valence-corrected chi connectivity index (χ3v) is 4.95. The van der Waals surface area contributed by atoms with E-state index in [0.717, 1.165) is 12.8 Å². The van der Waals surface area contributed by atoms with Crippen LogP contribution in [0.1, 0.15) is 54.4 Å². The lowest BCUT2D eigenvalue weighted by Gasteiger charge is -2.34. The molecule has 0 saturated carbocycles. The molecule has 0 radical (unpaired) electrons. The zero-order chi connectivity index (χ0) is 15.5. The van der Waals surface area contributed by atoms with Gasteiger partial charge in [0.15, 0.2) is 0 Å². The molecule has 1 atom stereocenters. The summed E-state index contributed by atoms with van der Waals surface area (Å²) in [5, 5.41) is 0. The quantitative estimate of drug-likeness (QED) is 0.700. The minimum atomic E-state index is -3.16. The zero-order valence-corrected chi connectivity index (χ0v) is 14.5. The van der Waals surface area contributed by atoms with Gasteiger partial charge >= 0.3 is 0 Å². The van der Waals surface area contributed by atoms with Crippen LogP contribution in [-0.4, -0.2) is 31.1 Å². The fraction of sp³-hybridized carbons (Fsp3) is 0.867. The topological polar surface area (TPSA) is 37.4 Å². The molecule has 4 heteroatoms. The number of hydrogen-bond acceptors (Lipinski definition) is 2. The first kappa shape index (κ1) is 18.7. The molecule has 0 fully saturated rings. The summed E-state index contributed by atoms with van der Waals surface area (Å²) >= 11 is 0. The van der Waals surface area contributed by atoms with Crippen molar-refractivity contribution in [1.29, 1.82) is 0 Å². The predicted molar refractivity (Wildman–Crippen MR) is 83.7 cm³/mol. The van der Waals surface area contributed by atoms with Gasteiger partial charge in [0, 0.05) is 12.1 Å². The molecule has 0 heterocycles. The second kappa shape index (κ2) is 6.40. The van der Waals surface area contributed by atoms with Gasteiger partial charge in [0.1, 0.15) is 0 Å². The Hall–Kier alpha value is -0.350. The van der Waals surface area contributed by atoms with Gasteiger partial charge in [-0.25, -0.2) is 8.42 Å². The summed E-state index contributed by atoms with van der Waals surface area (Å²) in [7, 11) is -3.16.